The SMILES string of the molecule is O=C(CCSc1ccccc1F)N1CCC[C@H](c2ccn[nH]2)C1. The quantitative estimate of drug-likeness (QED) is 0.853. The van der Waals surface area contributed by atoms with Crippen molar-refractivity contribution in [2.45, 2.75) is 30.1 Å². The predicted octanol–water partition coefficient (Wildman–Crippen LogP) is 3.44. The van der Waals surface area contributed by atoms with Crippen molar-refractivity contribution in [1.82, 2.24) is 15.1 Å². The van der Waals surface area contributed by atoms with E-state index in [2.05, 4.69) is 10.2 Å². The van der Waals surface area contributed by atoms with E-state index < -0.39 is 0 Å². The lowest BCUT2D eigenvalue weighted by Gasteiger charge is -2.32. The van der Waals surface area contributed by atoms with Crippen molar-refractivity contribution in [2.24, 2.45) is 0 Å². The lowest BCUT2D eigenvalue weighted by atomic mass is 9.95. The van der Waals surface area contributed by atoms with Crippen LogP contribution in [-0.4, -0.2) is 39.8 Å². The molecule has 1 atom stereocenters. The Hall–Kier alpha value is -1.82. The fourth-order valence-corrected chi connectivity index (χ4v) is 3.80. The molecule has 1 aromatic carbocycles. The number of likely N-dealkylation sites (tertiary alicyclic amines) is 1. The number of halogens is 1. The van der Waals surface area contributed by atoms with E-state index in [9.17, 15) is 9.18 Å². The summed E-state index contributed by atoms with van der Waals surface area (Å²) < 4.78 is 13.6. The number of benzene rings is 1. The molecule has 1 amide bonds. The van der Waals surface area contributed by atoms with Gasteiger partial charge in [-0.3, -0.25) is 9.89 Å². The number of carbonyl (C=O) groups excluding carboxylic acids is 1. The molecule has 23 heavy (non-hydrogen) atoms. The molecular formula is C17H20FN3OS. The van der Waals surface area contributed by atoms with Gasteiger partial charge in [0.15, 0.2) is 0 Å². The summed E-state index contributed by atoms with van der Waals surface area (Å²) in [7, 11) is 0. The number of H-pyrrole nitrogens is 1. The van der Waals surface area contributed by atoms with Gasteiger partial charge in [-0.15, -0.1) is 11.8 Å². The zero-order valence-corrected chi connectivity index (χ0v) is 13.7. The first kappa shape index (κ1) is 16.1. The number of carbonyl (C=O) groups is 1. The third kappa shape index (κ3) is 4.13. The minimum Gasteiger partial charge on any atom is -0.342 e. The Morgan fingerprint density at radius 2 is 2.26 bits per heavy atom. The summed E-state index contributed by atoms with van der Waals surface area (Å²) in [5.41, 5.74) is 1.10. The third-order valence-electron chi connectivity index (χ3n) is 4.15. The molecule has 4 nitrogen and oxygen atoms in total. The van der Waals surface area contributed by atoms with Crippen LogP contribution in [0.15, 0.2) is 41.4 Å². The smallest absolute Gasteiger partial charge is 0.223 e. The normalized spacial score (nSPS) is 18.1. The Kier molecular flexibility index (Phi) is 5.33. The minimum atomic E-state index is -0.220. The molecule has 0 unspecified atom stereocenters. The van der Waals surface area contributed by atoms with E-state index in [0.29, 0.717) is 23.0 Å². The van der Waals surface area contributed by atoms with Gasteiger partial charge in [0, 0.05) is 48.0 Å². The molecule has 1 saturated heterocycles. The summed E-state index contributed by atoms with van der Waals surface area (Å²) in [6.07, 6.45) is 4.28. The van der Waals surface area contributed by atoms with Crippen molar-refractivity contribution in [3.8, 4) is 0 Å². The highest BCUT2D eigenvalue weighted by Gasteiger charge is 2.25. The van der Waals surface area contributed by atoms with Gasteiger partial charge in [0.05, 0.1) is 0 Å². The molecule has 1 fully saturated rings. The summed E-state index contributed by atoms with van der Waals surface area (Å²) in [6.45, 7) is 1.55. The van der Waals surface area contributed by atoms with Gasteiger partial charge in [0.25, 0.3) is 0 Å². The molecule has 1 N–H and O–H groups in total. The zero-order valence-electron chi connectivity index (χ0n) is 12.9. The Morgan fingerprint density at radius 1 is 1.39 bits per heavy atom. The number of aromatic nitrogens is 2. The number of amides is 1. The van der Waals surface area contributed by atoms with E-state index in [0.717, 1.165) is 31.6 Å². The van der Waals surface area contributed by atoms with Crippen molar-refractivity contribution in [3.05, 3.63) is 48.0 Å². The summed E-state index contributed by atoms with van der Waals surface area (Å²) >= 11 is 1.40. The van der Waals surface area contributed by atoms with Gasteiger partial charge >= 0.3 is 0 Å². The molecule has 1 aromatic heterocycles. The van der Waals surface area contributed by atoms with Gasteiger partial charge in [-0.25, -0.2) is 4.39 Å². The van der Waals surface area contributed by atoms with Gasteiger partial charge in [-0.1, -0.05) is 12.1 Å². The number of nitrogens with zero attached hydrogens (tertiary/aromatic N) is 2. The first-order chi connectivity index (χ1) is 11.2. The maximum atomic E-state index is 13.6. The maximum absolute atomic E-state index is 13.6. The van der Waals surface area contributed by atoms with Crippen LogP contribution in [0.3, 0.4) is 0 Å². The second-order valence-corrected chi connectivity index (χ2v) is 6.86. The maximum Gasteiger partial charge on any atom is 0.223 e. The second kappa shape index (κ2) is 7.64. The van der Waals surface area contributed by atoms with E-state index in [1.165, 1.54) is 17.8 Å². The van der Waals surface area contributed by atoms with Crippen LogP contribution in [0.2, 0.25) is 0 Å². The molecule has 1 aliphatic heterocycles. The van der Waals surface area contributed by atoms with Crippen LogP contribution in [0.1, 0.15) is 30.9 Å². The molecule has 6 heteroatoms. The third-order valence-corrected chi connectivity index (χ3v) is 5.20. The minimum absolute atomic E-state index is 0.151. The number of hydrogen-bond donors (Lipinski definition) is 1. The van der Waals surface area contributed by atoms with Crippen molar-refractivity contribution >= 4 is 17.7 Å². The number of nitrogens with one attached hydrogen (secondary N) is 1. The number of piperidine rings is 1. The first-order valence-corrected chi connectivity index (χ1v) is 8.87. The van der Waals surface area contributed by atoms with Gasteiger partial charge < -0.3 is 4.90 Å². The fraction of sp³-hybridized carbons (Fsp3) is 0.412. The van der Waals surface area contributed by atoms with Crippen LogP contribution in [-0.2, 0) is 4.79 Å². The van der Waals surface area contributed by atoms with Crippen LogP contribution in [0.25, 0.3) is 0 Å². The molecular weight excluding hydrogens is 313 g/mol. The standard InChI is InChI=1S/C17H20FN3OS/c18-14-5-1-2-6-16(14)23-11-8-17(22)21-10-3-4-13(12-21)15-7-9-19-20-15/h1-2,5-7,9,13H,3-4,8,10-12H2,(H,19,20)/t13-/m0/s1. The lowest BCUT2D eigenvalue weighted by Crippen LogP contribution is -2.39. The number of rotatable bonds is 5. The average Bonchev–Trinajstić information content (AvgIpc) is 3.11. The molecule has 0 saturated carbocycles. The first-order valence-electron chi connectivity index (χ1n) is 7.88. The largest absolute Gasteiger partial charge is 0.342 e. The predicted molar refractivity (Wildman–Crippen MR) is 88.9 cm³/mol. The molecule has 0 radical (unpaired) electrons. The summed E-state index contributed by atoms with van der Waals surface area (Å²) in [5.74, 6) is 0.875. The van der Waals surface area contributed by atoms with Gasteiger partial charge in [-0.05, 0) is 31.0 Å². The highest BCUT2D eigenvalue weighted by molar-refractivity contribution is 7.99. The number of thioether (sulfide) groups is 1. The van der Waals surface area contributed by atoms with E-state index in [-0.39, 0.29) is 11.7 Å². The zero-order chi connectivity index (χ0) is 16.1. The van der Waals surface area contributed by atoms with Crippen molar-refractivity contribution in [3.63, 3.8) is 0 Å². The van der Waals surface area contributed by atoms with Crippen molar-refractivity contribution < 1.29 is 9.18 Å². The molecule has 0 spiro atoms. The highest BCUT2D eigenvalue weighted by Crippen LogP contribution is 2.26. The van der Waals surface area contributed by atoms with Crippen LogP contribution in [0.4, 0.5) is 4.39 Å². The Morgan fingerprint density at radius 3 is 3.04 bits per heavy atom. The summed E-state index contributed by atoms with van der Waals surface area (Å²) in [5, 5.41) is 6.99. The van der Waals surface area contributed by atoms with E-state index in [1.807, 2.05) is 17.0 Å². The summed E-state index contributed by atoms with van der Waals surface area (Å²) in [4.78, 5) is 14.9. The molecule has 0 bridgehead atoms. The molecule has 122 valence electrons. The van der Waals surface area contributed by atoms with Gasteiger partial charge in [-0.2, -0.15) is 5.10 Å². The van der Waals surface area contributed by atoms with E-state index >= 15 is 0 Å². The molecule has 2 aromatic rings. The molecule has 3 rings (SSSR count). The molecule has 0 aliphatic carbocycles. The number of aromatic amines is 1. The van der Waals surface area contributed by atoms with Crippen LogP contribution < -0.4 is 0 Å². The van der Waals surface area contributed by atoms with Gasteiger partial charge in [0.1, 0.15) is 5.82 Å². The Labute approximate surface area is 139 Å². The second-order valence-electron chi connectivity index (χ2n) is 5.72. The topological polar surface area (TPSA) is 49.0 Å². The van der Waals surface area contributed by atoms with Crippen molar-refractivity contribution in [2.75, 3.05) is 18.8 Å². The molecule has 2 heterocycles. The van der Waals surface area contributed by atoms with Crippen LogP contribution >= 0.6 is 11.8 Å². The lowest BCUT2D eigenvalue weighted by molar-refractivity contribution is -0.131. The Bertz CT molecular complexity index is 647. The van der Waals surface area contributed by atoms with Gasteiger partial charge in [0.2, 0.25) is 5.91 Å². The van der Waals surface area contributed by atoms with E-state index in [1.54, 1.807) is 18.3 Å². The van der Waals surface area contributed by atoms with E-state index in [4.69, 9.17) is 0 Å². The monoisotopic (exact) mass is 333 g/mol. The number of hydrogen-bond acceptors (Lipinski definition) is 3. The Balaban J connectivity index is 1.49. The van der Waals surface area contributed by atoms with Crippen LogP contribution in [0.5, 0.6) is 0 Å². The van der Waals surface area contributed by atoms with Crippen LogP contribution in [0, 0.1) is 5.82 Å². The average molecular weight is 333 g/mol. The highest BCUT2D eigenvalue weighted by atomic mass is 32.2. The van der Waals surface area contributed by atoms with Crippen molar-refractivity contribution in [1.29, 1.82) is 0 Å². The molecule has 1 aliphatic rings. The fourth-order valence-electron chi connectivity index (χ4n) is 2.92. The summed E-state index contributed by atoms with van der Waals surface area (Å²) in [6, 6.07) is 8.66.